The summed E-state index contributed by atoms with van der Waals surface area (Å²) in [5, 5.41) is 3.41. The van der Waals surface area contributed by atoms with Crippen molar-refractivity contribution in [3.8, 4) is 5.75 Å². The van der Waals surface area contributed by atoms with Crippen molar-refractivity contribution in [2.45, 2.75) is 38.5 Å². The predicted octanol–water partition coefficient (Wildman–Crippen LogP) is 3.55. The molecule has 0 radical (unpaired) electrons. The molecule has 110 valence electrons. The first-order chi connectivity index (χ1) is 9.81. The third-order valence-corrected chi connectivity index (χ3v) is 4.62. The average Bonchev–Trinajstić information content (AvgIpc) is 2.40. The summed E-state index contributed by atoms with van der Waals surface area (Å²) >= 11 is 0. The van der Waals surface area contributed by atoms with Gasteiger partial charge in [0.05, 0.1) is 6.61 Å². The summed E-state index contributed by atoms with van der Waals surface area (Å²) in [6.45, 7) is 2.85. The molecule has 2 nitrogen and oxygen atoms in total. The zero-order valence-electron chi connectivity index (χ0n) is 12.0. The Kier molecular flexibility index (Phi) is 4.56. The van der Waals surface area contributed by atoms with E-state index in [1.807, 2.05) is 6.07 Å². The molecule has 0 amide bonds. The van der Waals surface area contributed by atoms with Gasteiger partial charge in [0.25, 0.3) is 0 Å². The lowest BCUT2D eigenvalue weighted by molar-refractivity contribution is 0.175. The van der Waals surface area contributed by atoms with Gasteiger partial charge in [-0.15, -0.1) is 0 Å². The second kappa shape index (κ2) is 6.57. The van der Waals surface area contributed by atoms with Crippen LogP contribution in [0.25, 0.3) is 0 Å². The van der Waals surface area contributed by atoms with Crippen LogP contribution in [0.2, 0.25) is 0 Å². The number of hydrogen-bond donors (Lipinski definition) is 1. The van der Waals surface area contributed by atoms with E-state index >= 15 is 0 Å². The maximum absolute atomic E-state index is 14.0. The number of ether oxygens (including phenoxy) is 1. The lowest BCUT2D eigenvalue weighted by Crippen LogP contribution is -2.30. The minimum atomic E-state index is -0.203. The van der Waals surface area contributed by atoms with E-state index in [1.165, 1.54) is 32.1 Å². The van der Waals surface area contributed by atoms with Crippen LogP contribution in [-0.4, -0.2) is 19.7 Å². The van der Waals surface area contributed by atoms with Gasteiger partial charge in [-0.05, 0) is 74.7 Å². The third kappa shape index (κ3) is 3.51. The Balaban J connectivity index is 1.55. The van der Waals surface area contributed by atoms with Crippen LogP contribution in [0, 0.1) is 17.7 Å². The lowest BCUT2D eigenvalue weighted by Gasteiger charge is -2.25. The molecule has 1 saturated carbocycles. The molecule has 1 atom stereocenters. The van der Waals surface area contributed by atoms with E-state index in [0.29, 0.717) is 24.2 Å². The quantitative estimate of drug-likeness (QED) is 0.888. The van der Waals surface area contributed by atoms with E-state index in [0.717, 1.165) is 25.1 Å². The van der Waals surface area contributed by atoms with Crippen LogP contribution in [0.4, 0.5) is 4.39 Å². The fourth-order valence-electron chi connectivity index (χ4n) is 3.09. The highest BCUT2D eigenvalue weighted by atomic mass is 19.1. The standard InChI is InChI=1S/C17H24FNO/c18-16-10-14(9-15-5-2-8-19-11-15)6-7-17(16)20-12-13-3-1-4-13/h6-7,10,13,15,19H,1-5,8-9,11-12H2. The monoisotopic (exact) mass is 277 g/mol. The molecular formula is C17H24FNO. The topological polar surface area (TPSA) is 21.3 Å². The fourth-order valence-corrected chi connectivity index (χ4v) is 3.09. The van der Waals surface area contributed by atoms with E-state index < -0.39 is 0 Å². The summed E-state index contributed by atoms with van der Waals surface area (Å²) in [6, 6.07) is 5.48. The number of hydrogen-bond acceptors (Lipinski definition) is 2. The van der Waals surface area contributed by atoms with Crippen LogP contribution in [-0.2, 0) is 6.42 Å². The predicted molar refractivity (Wildman–Crippen MR) is 78.5 cm³/mol. The van der Waals surface area contributed by atoms with Crippen LogP contribution in [0.15, 0.2) is 18.2 Å². The maximum atomic E-state index is 14.0. The van der Waals surface area contributed by atoms with Crippen LogP contribution in [0.5, 0.6) is 5.75 Å². The minimum Gasteiger partial charge on any atom is -0.490 e. The van der Waals surface area contributed by atoms with Crippen LogP contribution in [0.1, 0.15) is 37.7 Å². The molecule has 2 aliphatic rings. The van der Waals surface area contributed by atoms with Gasteiger partial charge in [-0.2, -0.15) is 0 Å². The van der Waals surface area contributed by atoms with Crippen LogP contribution >= 0.6 is 0 Å². The van der Waals surface area contributed by atoms with Gasteiger partial charge in [0, 0.05) is 0 Å². The van der Waals surface area contributed by atoms with Gasteiger partial charge >= 0.3 is 0 Å². The molecular weight excluding hydrogens is 253 g/mol. The van der Waals surface area contributed by atoms with E-state index in [9.17, 15) is 4.39 Å². The highest BCUT2D eigenvalue weighted by molar-refractivity contribution is 5.29. The van der Waals surface area contributed by atoms with Crippen molar-refractivity contribution < 1.29 is 9.13 Å². The van der Waals surface area contributed by atoms with Crippen molar-refractivity contribution in [2.24, 2.45) is 11.8 Å². The summed E-state index contributed by atoms with van der Waals surface area (Å²) in [5.74, 6) is 1.50. The summed E-state index contributed by atoms with van der Waals surface area (Å²) < 4.78 is 19.6. The van der Waals surface area contributed by atoms with Gasteiger partial charge in [0.15, 0.2) is 11.6 Å². The molecule has 0 bridgehead atoms. The van der Waals surface area contributed by atoms with Crippen molar-refractivity contribution >= 4 is 0 Å². The molecule has 3 rings (SSSR count). The Morgan fingerprint density at radius 1 is 1.15 bits per heavy atom. The average molecular weight is 277 g/mol. The Hall–Kier alpha value is -1.09. The van der Waals surface area contributed by atoms with Gasteiger partial charge in [0.2, 0.25) is 0 Å². The molecule has 1 aromatic rings. The molecule has 1 N–H and O–H groups in total. The van der Waals surface area contributed by atoms with Crippen LogP contribution in [0.3, 0.4) is 0 Å². The van der Waals surface area contributed by atoms with Crippen molar-refractivity contribution in [3.63, 3.8) is 0 Å². The molecule has 1 saturated heterocycles. The molecule has 0 aromatic heterocycles. The minimum absolute atomic E-state index is 0.203. The first-order valence-electron chi connectivity index (χ1n) is 7.93. The SMILES string of the molecule is Fc1cc(CC2CCCNC2)ccc1OCC1CCC1. The molecule has 1 unspecified atom stereocenters. The first-order valence-corrected chi connectivity index (χ1v) is 7.93. The highest BCUT2D eigenvalue weighted by Gasteiger charge is 2.19. The third-order valence-electron chi connectivity index (χ3n) is 4.62. The molecule has 1 aromatic carbocycles. The zero-order valence-corrected chi connectivity index (χ0v) is 12.0. The molecule has 1 heterocycles. The number of piperidine rings is 1. The smallest absolute Gasteiger partial charge is 0.165 e. The van der Waals surface area contributed by atoms with Gasteiger partial charge in [0.1, 0.15) is 0 Å². The normalized spacial score (nSPS) is 23.4. The van der Waals surface area contributed by atoms with Gasteiger partial charge in [-0.1, -0.05) is 12.5 Å². The number of rotatable bonds is 5. The van der Waals surface area contributed by atoms with Crippen LogP contribution < -0.4 is 10.1 Å². The Labute approximate surface area is 120 Å². The zero-order chi connectivity index (χ0) is 13.8. The number of benzene rings is 1. The van der Waals surface area contributed by atoms with E-state index in [1.54, 1.807) is 12.1 Å². The van der Waals surface area contributed by atoms with E-state index in [4.69, 9.17) is 4.74 Å². The fraction of sp³-hybridized carbons (Fsp3) is 0.647. The highest BCUT2D eigenvalue weighted by Crippen LogP contribution is 2.28. The van der Waals surface area contributed by atoms with E-state index in [-0.39, 0.29) is 5.82 Å². The van der Waals surface area contributed by atoms with Crippen molar-refractivity contribution in [2.75, 3.05) is 19.7 Å². The number of nitrogens with one attached hydrogen (secondary N) is 1. The summed E-state index contributed by atoms with van der Waals surface area (Å²) in [4.78, 5) is 0. The lowest BCUT2D eigenvalue weighted by atomic mass is 9.86. The van der Waals surface area contributed by atoms with Gasteiger partial charge < -0.3 is 10.1 Å². The van der Waals surface area contributed by atoms with Crippen molar-refractivity contribution in [1.29, 1.82) is 0 Å². The summed E-state index contributed by atoms with van der Waals surface area (Å²) in [7, 11) is 0. The summed E-state index contributed by atoms with van der Waals surface area (Å²) in [6.07, 6.45) is 7.20. The molecule has 20 heavy (non-hydrogen) atoms. The Bertz CT molecular complexity index is 439. The summed E-state index contributed by atoms with van der Waals surface area (Å²) in [5.41, 5.74) is 1.09. The maximum Gasteiger partial charge on any atom is 0.165 e. The second-order valence-corrected chi connectivity index (χ2v) is 6.29. The molecule has 0 spiro atoms. The van der Waals surface area contributed by atoms with Gasteiger partial charge in [-0.3, -0.25) is 0 Å². The molecule has 2 fully saturated rings. The largest absolute Gasteiger partial charge is 0.490 e. The van der Waals surface area contributed by atoms with Gasteiger partial charge in [-0.25, -0.2) is 4.39 Å². The first kappa shape index (κ1) is 13.9. The molecule has 1 aliphatic carbocycles. The van der Waals surface area contributed by atoms with Crippen molar-refractivity contribution in [3.05, 3.63) is 29.6 Å². The second-order valence-electron chi connectivity index (χ2n) is 6.29. The molecule has 3 heteroatoms. The Morgan fingerprint density at radius 2 is 2.00 bits per heavy atom. The number of halogens is 1. The molecule has 1 aliphatic heterocycles. The van der Waals surface area contributed by atoms with Crippen molar-refractivity contribution in [1.82, 2.24) is 5.32 Å². The Morgan fingerprint density at radius 3 is 2.65 bits per heavy atom. The van der Waals surface area contributed by atoms with E-state index in [2.05, 4.69) is 5.32 Å².